The first-order valence-electron chi connectivity index (χ1n) is 6.60. The molecule has 0 bridgehead atoms. The van der Waals surface area contributed by atoms with Crippen LogP contribution in [0.2, 0.25) is 0 Å². The van der Waals surface area contributed by atoms with Crippen LogP contribution in [0.5, 0.6) is 0 Å². The molecule has 0 amide bonds. The van der Waals surface area contributed by atoms with Crippen molar-refractivity contribution in [3.63, 3.8) is 0 Å². The number of imidazole rings is 1. The topological polar surface area (TPSA) is 21.1 Å². The number of benzene rings is 1. The zero-order chi connectivity index (χ0) is 13.4. The first kappa shape index (κ1) is 12.9. The summed E-state index contributed by atoms with van der Waals surface area (Å²) >= 11 is 5.94. The van der Waals surface area contributed by atoms with E-state index in [2.05, 4.69) is 21.5 Å². The van der Waals surface area contributed by atoms with E-state index in [0.717, 1.165) is 30.5 Å². The molecule has 0 unspecified atom stereocenters. The van der Waals surface area contributed by atoms with Crippen molar-refractivity contribution in [2.24, 2.45) is 0 Å². The Hall–Kier alpha value is -1.13. The second-order valence-corrected chi connectivity index (χ2v) is 5.43. The van der Waals surface area contributed by atoms with Crippen molar-refractivity contribution >= 4 is 22.6 Å². The number of nitrogens with zero attached hydrogens (tertiary/aromatic N) is 3. The van der Waals surface area contributed by atoms with Gasteiger partial charge in [0.15, 0.2) is 0 Å². The largest absolute Gasteiger partial charge is 0.326 e. The molecule has 1 aliphatic carbocycles. The Kier molecular flexibility index (Phi) is 3.46. The zero-order valence-electron chi connectivity index (χ0n) is 10.9. The lowest BCUT2D eigenvalue weighted by molar-refractivity contribution is 0.309. The number of aromatic nitrogens is 2. The molecule has 0 aliphatic heterocycles. The Morgan fingerprint density at radius 2 is 2.26 bits per heavy atom. The smallest absolute Gasteiger partial charge is 0.125 e. The molecule has 2 aromatic rings. The Morgan fingerprint density at radius 3 is 2.95 bits per heavy atom. The van der Waals surface area contributed by atoms with Gasteiger partial charge in [-0.15, -0.1) is 11.6 Å². The normalized spacial score (nSPS) is 15.6. The van der Waals surface area contributed by atoms with Crippen molar-refractivity contribution in [2.75, 3.05) is 13.6 Å². The maximum atomic E-state index is 13.2. The number of hydrogen-bond donors (Lipinski definition) is 0. The fraction of sp³-hybridized carbons (Fsp3) is 0.500. The van der Waals surface area contributed by atoms with Crippen LogP contribution in [0.3, 0.4) is 0 Å². The van der Waals surface area contributed by atoms with E-state index < -0.39 is 0 Å². The third-order valence-electron chi connectivity index (χ3n) is 3.76. The molecule has 3 rings (SSSR count). The van der Waals surface area contributed by atoms with Crippen LogP contribution in [0.1, 0.15) is 18.7 Å². The number of fused-ring (bicyclic) bond motifs is 1. The van der Waals surface area contributed by atoms with Crippen LogP contribution >= 0.6 is 11.6 Å². The number of alkyl halides is 1. The van der Waals surface area contributed by atoms with Gasteiger partial charge in [0.1, 0.15) is 11.6 Å². The fourth-order valence-electron chi connectivity index (χ4n) is 2.46. The van der Waals surface area contributed by atoms with Gasteiger partial charge < -0.3 is 9.47 Å². The standard InChI is InChI=1S/C14H17ClFN3/c1-18(11-3-4-11)6-7-19-13-5-2-10(16)8-12(13)17-14(19)9-15/h2,5,8,11H,3-4,6-7,9H2,1H3. The molecular weight excluding hydrogens is 265 g/mol. The fourth-order valence-corrected chi connectivity index (χ4v) is 2.66. The first-order chi connectivity index (χ1) is 9.19. The highest BCUT2D eigenvalue weighted by Gasteiger charge is 2.25. The molecule has 1 aromatic carbocycles. The summed E-state index contributed by atoms with van der Waals surface area (Å²) in [6, 6.07) is 5.46. The maximum Gasteiger partial charge on any atom is 0.125 e. The van der Waals surface area contributed by atoms with E-state index in [-0.39, 0.29) is 5.82 Å². The predicted octanol–water partition coefficient (Wildman–Crippen LogP) is 3.01. The van der Waals surface area contributed by atoms with Gasteiger partial charge in [-0.3, -0.25) is 0 Å². The molecule has 1 aliphatic rings. The molecule has 1 heterocycles. The van der Waals surface area contributed by atoms with E-state index in [1.165, 1.54) is 25.0 Å². The van der Waals surface area contributed by atoms with Crippen LogP contribution in [-0.2, 0) is 12.4 Å². The van der Waals surface area contributed by atoms with Crippen LogP contribution in [-0.4, -0.2) is 34.1 Å². The molecule has 0 N–H and O–H groups in total. The molecule has 1 aromatic heterocycles. The summed E-state index contributed by atoms with van der Waals surface area (Å²) in [5, 5.41) is 0. The number of likely N-dealkylation sites (N-methyl/N-ethyl adjacent to an activating group) is 1. The summed E-state index contributed by atoms with van der Waals surface area (Å²) in [4.78, 5) is 6.77. The van der Waals surface area contributed by atoms with Gasteiger partial charge in [0, 0.05) is 25.2 Å². The van der Waals surface area contributed by atoms with Crippen molar-refractivity contribution < 1.29 is 4.39 Å². The molecule has 3 nitrogen and oxygen atoms in total. The van der Waals surface area contributed by atoms with Gasteiger partial charge in [-0.25, -0.2) is 9.37 Å². The predicted molar refractivity (Wildman–Crippen MR) is 74.9 cm³/mol. The van der Waals surface area contributed by atoms with Gasteiger partial charge in [-0.05, 0) is 32.0 Å². The average molecular weight is 282 g/mol. The highest BCUT2D eigenvalue weighted by atomic mass is 35.5. The molecular formula is C14H17ClFN3. The van der Waals surface area contributed by atoms with Crippen molar-refractivity contribution in [1.29, 1.82) is 0 Å². The number of halogens is 2. The highest BCUT2D eigenvalue weighted by molar-refractivity contribution is 6.16. The van der Waals surface area contributed by atoms with Crippen molar-refractivity contribution in [1.82, 2.24) is 14.5 Å². The van der Waals surface area contributed by atoms with Gasteiger partial charge in [0.2, 0.25) is 0 Å². The Balaban J connectivity index is 1.87. The minimum absolute atomic E-state index is 0.256. The van der Waals surface area contributed by atoms with Gasteiger partial charge in [-0.1, -0.05) is 0 Å². The quantitative estimate of drug-likeness (QED) is 0.786. The molecule has 1 fully saturated rings. The van der Waals surface area contributed by atoms with Crippen molar-refractivity contribution in [2.45, 2.75) is 31.3 Å². The third-order valence-corrected chi connectivity index (χ3v) is 3.99. The monoisotopic (exact) mass is 281 g/mol. The summed E-state index contributed by atoms with van der Waals surface area (Å²) in [7, 11) is 2.15. The maximum absolute atomic E-state index is 13.2. The van der Waals surface area contributed by atoms with Gasteiger partial charge in [0.25, 0.3) is 0 Å². The molecule has 0 spiro atoms. The zero-order valence-corrected chi connectivity index (χ0v) is 11.7. The van der Waals surface area contributed by atoms with Crippen LogP contribution in [0.15, 0.2) is 18.2 Å². The minimum Gasteiger partial charge on any atom is -0.326 e. The molecule has 102 valence electrons. The first-order valence-corrected chi connectivity index (χ1v) is 7.13. The summed E-state index contributed by atoms with van der Waals surface area (Å²) in [6.45, 7) is 1.81. The minimum atomic E-state index is -0.256. The lowest BCUT2D eigenvalue weighted by atomic mass is 10.3. The lowest BCUT2D eigenvalue weighted by Gasteiger charge is -2.17. The third kappa shape index (κ3) is 2.60. The van der Waals surface area contributed by atoms with Crippen LogP contribution < -0.4 is 0 Å². The Bertz CT molecular complexity index is 592. The van der Waals surface area contributed by atoms with E-state index in [4.69, 9.17) is 11.6 Å². The molecule has 19 heavy (non-hydrogen) atoms. The number of hydrogen-bond acceptors (Lipinski definition) is 2. The van der Waals surface area contributed by atoms with Gasteiger partial charge >= 0.3 is 0 Å². The molecule has 0 radical (unpaired) electrons. The SMILES string of the molecule is CN(CCn1c(CCl)nc2cc(F)ccc21)C1CC1. The van der Waals surface area contributed by atoms with E-state index in [0.29, 0.717) is 11.4 Å². The van der Waals surface area contributed by atoms with Crippen molar-refractivity contribution in [3.8, 4) is 0 Å². The molecule has 1 saturated carbocycles. The number of rotatable bonds is 5. The van der Waals surface area contributed by atoms with Crippen molar-refractivity contribution in [3.05, 3.63) is 29.8 Å². The second-order valence-electron chi connectivity index (χ2n) is 5.16. The van der Waals surface area contributed by atoms with Gasteiger partial charge in [0.05, 0.1) is 16.9 Å². The van der Waals surface area contributed by atoms with E-state index in [1.807, 2.05) is 0 Å². The summed E-state index contributed by atoms with van der Waals surface area (Å²) in [6.07, 6.45) is 2.60. The molecule has 0 saturated heterocycles. The van der Waals surface area contributed by atoms with Crippen LogP contribution in [0.4, 0.5) is 4.39 Å². The summed E-state index contributed by atoms with van der Waals surface area (Å²) < 4.78 is 15.3. The van der Waals surface area contributed by atoms with Gasteiger partial charge in [-0.2, -0.15) is 0 Å². The van der Waals surface area contributed by atoms with Crippen LogP contribution in [0.25, 0.3) is 11.0 Å². The van der Waals surface area contributed by atoms with E-state index in [9.17, 15) is 4.39 Å². The second kappa shape index (κ2) is 5.10. The van der Waals surface area contributed by atoms with E-state index >= 15 is 0 Å². The highest BCUT2D eigenvalue weighted by Crippen LogP contribution is 2.25. The molecule has 0 atom stereocenters. The molecule has 5 heteroatoms. The Morgan fingerprint density at radius 1 is 1.47 bits per heavy atom. The lowest BCUT2D eigenvalue weighted by Crippen LogP contribution is -2.25. The van der Waals surface area contributed by atoms with Crippen LogP contribution in [0, 0.1) is 5.82 Å². The average Bonchev–Trinajstić information content (AvgIpc) is 3.18. The van der Waals surface area contributed by atoms with E-state index in [1.54, 1.807) is 6.07 Å². The summed E-state index contributed by atoms with van der Waals surface area (Å²) in [5.41, 5.74) is 1.64. The Labute approximate surface area is 117 Å². The summed E-state index contributed by atoms with van der Waals surface area (Å²) in [5.74, 6) is 0.906.